The number of hydrogen-bond acceptors (Lipinski definition) is 2. The van der Waals surface area contributed by atoms with E-state index in [0.29, 0.717) is 0 Å². The summed E-state index contributed by atoms with van der Waals surface area (Å²) in [5.41, 5.74) is 12.3. The Balaban J connectivity index is 0.962. The average molecular weight is 739 g/mol. The third kappa shape index (κ3) is 5.02. The highest BCUT2D eigenvalue weighted by Gasteiger charge is 2.17. The number of benzene rings is 9. The van der Waals surface area contributed by atoms with Crippen molar-refractivity contribution in [3.63, 3.8) is 0 Å². The minimum Gasteiger partial charge on any atom is -0.309 e. The molecule has 0 unspecified atom stereocenters. The first-order valence-corrected chi connectivity index (χ1v) is 19.7. The fraction of sp³-hybridized carbons (Fsp3) is 0. The Hall–Kier alpha value is -7.82. The van der Waals surface area contributed by atoms with E-state index in [2.05, 4.69) is 202 Å². The Morgan fingerprint density at radius 1 is 0.310 bits per heavy atom. The molecule has 0 radical (unpaired) electrons. The molecule has 4 heteroatoms. The number of aromatic nitrogens is 4. The highest BCUT2D eigenvalue weighted by molar-refractivity contribution is 6.25. The lowest BCUT2D eigenvalue weighted by molar-refractivity contribution is 1.09. The lowest BCUT2D eigenvalue weighted by Crippen LogP contribution is -1.99. The fourth-order valence-corrected chi connectivity index (χ4v) is 9.09. The van der Waals surface area contributed by atoms with Gasteiger partial charge in [0.15, 0.2) is 0 Å². The van der Waals surface area contributed by atoms with Crippen molar-refractivity contribution in [2.24, 2.45) is 0 Å². The highest BCUT2D eigenvalue weighted by Crippen LogP contribution is 2.40. The molecule has 0 amide bonds. The molecule has 9 aromatic carbocycles. The lowest BCUT2D eigenvalue weighted by Gasteiger charge is -2.13. The minimum atomic E-state index is 0.908. The van der Waals surface area contributed by atoms with Crippen molar-refractivity contribution in [1.29, 1.82) is 0 Å². The van der Waals surface area contributed by atoms with Gasteiger partial charge in [0.05, 0.1) is 22.1 Å². The van der Waals surface area contributed by atoms with Crippen LogP contribution in [0, 0.1) is 0 Å². The second kappa shape index (κ2) is 12.9. The zero-order valence-electron chi connectivity index (χ0n) is 31.4. The zero-order valence-corrected chi connectivity index (χ0v) is 31.4. The van der Waals surface area contributed by atoms with Gasteiger partial charge in [0.2, 0.25) is 0 Å². The van der Waals surface area contributed by atoms with Crippen LogP contribution >= 0.6 is 0 Å². The molecule has 0 saturated heterocycles. The van der Waals surface area contributed by atoms with Gasteiger partial charge in [0.1, 0.15) is 5.82 Å². The van der Waals surface area contributed by atoms with Gasteiger partial charge in [-0.25, -0.2) is 4.98 Å². The summed E-state index contributed by atoms with van der Waals surface area (Å²) < 4.78 is 4.66. The second-order valence-corrected chi connectivity index (χ2v) is 15.0. The van der Waals surface area contributed by atoms with E-state index in [-0.39, 0.29) is 0 Å². The maximum atomic E-state index is 5.14. The summed E-state index contributed by atoms with van der Waals surface area (Å²) in [6.45, 7) is 0. The van der Waals surface area contributed by atoms with Crippen molar-refractivity contribution in [3.05, 3.63) is 207 Å². The molecule has 0 aliphatic rings. The van der Waals surface area contributed by atoms with Crippen LogP contribution in [0.25, 0.3) is 110 Å². The van der Waals surface area contributed by atoms with Gasteiger partial charge in [-0.1, -0.05) is 127 Å². The van der Waals surface area contributed by atoms with Crippen LogP contribution in [0.3, 0.4) is 0 Å². The summed E-state index contributed by atoms with van der Waals surface area (Å²) in [6.07, 6.45) is 3.70. The van der Waals surface area contributed by atoms with Gasteiger partial charge in [-0.3, -0.25) is 9.55 Å². The van der Waals surface area contributed by atoms with Crippen molar-refractivity contribution in [3.8, 4) is 45.0 Å². The van der Waals surface area contributed by atoms with E-state index in [4.69, 9.17) is 4.98 Å². The molecule has 0 atom stereocenters. The molecule has 0 fully saturated rings. The van der Waals surface area contributed by atoms with E-state index in [0.717, 1.165) is 44.9 Å². The summed E-state index contributed by atoms with van der Waals surface area (Å²) >= 11 is 0. The van der Waals surface area contributed by atoms with Crippen molar-refractivity contribution in [2.45, 2.75) is 0 Å². The third-order valence-corrected chi connectivity index (χ3v) is 11.8. The average Bonchev–Trinajstić information content (AvgIpc) is 3.85. The standard InChI is InChI=1S/C54H34N4/c1-2-13-44-42(11-1)43-12-3-4-14-45(43)48-32-37(23-29-46(44)48)38-24-30-52-49(33-38)47-15-5-7-17-51(47)57(52)40-25-27-41(28-26-40)58-53-18-8-6-16-50(53)56-54(58)36-21-19-35(20-22-36)39-10-9-31-55-34-39/h1-34H. The summed E-state index contributed by atoms with van der Waals surface area (Å²) in [7, 11) is 0. The largest absolute Gasteiger partial charge is 0.309 e. The van der Waals surface area contributed by atoms with E-state index in [1.807, 2.05) is 12.3 Å². The van der Waals surface area contributed by atoms with Gasteiger partial charge in [-0.05, 0) is 121 Å². The highest BCUT2D eigenvalue weighted by atomic mass is 15.1. The first kappa shape index (κ1) is 32.4. The molecule has 3 heterocycles. The second-order valence-electron chi connectivity index (χ2n) is 15.0. The molecule has 12 aromatic rings. The van der Waals surface area contributed by atoms with E-state index in [9.17, 15) is 0 Å². The summed E-state index contributed by atoms with van der Waals surface area (Å²) in [6, 6.07) is 70.2. The molecular formula is C54H34N4. The number of pyridine rings is 1. The fourth-order valence-electron chi connectivity index (χ4n) is 9.09. The van der Waals surface area contributed by atoms with E-state index in [1.165, 1.54) is 65.3 Å². The van der Waals surface area contributed by atoms with Gasteiger partial charge in [-0.15, -0.1) is 0 Å². The maximum Gasteiger partial charge on any atom is 0.145 e. The van der Waals surface area contributed by atoms with E-state index < -0.39 is 0 Å². The first-order valence-electron chi connectivity index (χ1n) is 19.7. The topological polar surface area (TPSA) is 35.6 Å². The van der Waals surface area contributed by atoms with Gasteiger partial charge < -0.3 is 4.57 Å². The zero-order chi connectivity index (χ0) is 38.2. The van der Waals surface area contributed by atoms with Crippen LogP contribution in [0.1, 0.15) is 0 Å². The van der Waals surface area contributed by atoms with Gasteiger partial charge >= 0.3 is 0 Å². The molecule has 0 aliphatic carbocycles. The Labute approximate surface area is 334 Å². The van der Waals surface area contributed by atoms with Crippen LogP contribution in [0.15, 0.2) is 207 Å². The number of rotatable bonds is 5. The van der Waals surface area contributed by atoms with Crippen LogP contribution in [-0.4, -0.2) is 19.1 Å². The van der Waals surface area contributed by atoms with Crippen LogP contribution < -0.4 is 0 Å². The monoisotopic (exact) mass is 738 g/mol. The molecule has 4 nitrogen and oxygen atoms in total. The van der Waals surface area contributed by atoms with Crippen LogP contribution in [0.2, 0.25) is 0 Å². The molecule has 270 valence electrons. The number of imidazole rings is 1. The molecule has 12 rings (SSSR count). The number of nitrogens with zero attached hydrogens (tertiary/aromatic N) is 4. The first-order chi connectivity index (χ1) is 28.8. The Bertz CT molecular complexity index is 3500. The van der Waals surface area contributed by atoms with E-state index >= 15 is 0 Å². The Morgan fingerprint density at radius 2 is 0.828 bits per heavy atom. The summed E-state index contributed by atoms with van der Waals surface area (Å²) in [4.78, 5) is 9.45. The molecule has 0 N–H and O–H groups in total. The van der Waals surface area contributed by atoms with Crippen molar-refractivity contribution in [1.82, 2.24) is 19.1 Å². The third-order valence-electron chi connectivity index (χ3n) is 11.8. The van der Waals surface area contributed by atoms with Gasteiger partial charge in [0, 0.05) is 40.1 Å². The van der Waals surface area contributed by atoms with Crippen molar-refractivity contribution < 1.29 is 0 Å². The molecule has 0 spiro atoms. The molecular weight excluding hydrogens is 705 g/mol. The number of para-hydroxylation sites is 3. The predicted molar refractivity (Wildman–Crippen MR) is 242 cm³/mol. The van der Waals surface area contributed by atoms with Crippen LogP contribution in [-0.2, 0) is 0 Å². The number of hydrogen-bond donors (Lipinski definition) is 0. The molecule has 0 bridgehead atoms. The summed E-state index contributed by atoms with van der Waals surface area (Å²) in [5, 5.41) is 10.2. The molecule has 0 aliphatic heterocycles. The SMILES string of the molecule is c1cncc(-c2ccc(-c3nc4ccccc4n3-c3ccc(-n4c5ccccc5c5cc(-c6ccc7c8ccccc8c8ccccc8c7c6)ccc54)cc3)cc2)c1. The minimum absolute atomic E-state index is 0.908. The maximum absolute atomic E-state index is 5.14. The van der Waals surface area contributed by atoms with Crippen LogP contribution in [0.4, 0.5) is 0 Å². The predicted octanol–water partition coefficient (Wildman–Crippen LogP) is 14.0. The number of fused-ring (bicyclic) bond motifs is 10. The van der Waals surface area contributed by atoms with Crippen molar-refractivity contribution >= 4 is 65.2 Å². The smallest absolute Gasteiger partial charge is 0.145 e. The quantitative estimate of drug-likeness (QED) is 0.165. The Kier molecular flexibility index (Phi) is 7.20. The molecule has 58 heavy (non-hydrogen) atoms. The van der Waals surface area contributed by atoms with Crippen molar-refractivity contribution in [2.75, 3.05) is 0 Å². The van der Waals surface area contributed by atoms with Gasteiger partial charge in [0.25, 0.3) is 0 Å². The normalized spacial score (nSPS) is 11.8. The summed E-state index contributed by atoms with van der Waals surface area (Å²) in [5.74, 6) is 0.908. The Morgan fingerprint density at radius 3 is 1.52 bits per heavy atom. The van der Waals surface area contributed by atoms with Crippen LogP contribution in [0.5, 0.6) is 0 Å². The molecule has 0 saturated carbocycles. The van der Waals surface area contributed by atoms with E-state index in [1.54, 1.807) is 6.20 Å². The molecule has 3 aromatic heterocycles. The lowest BCUT2D eigenvalue weighted by atomic mass is 9.92. The van der Waals surface area contributed by atoms with Gasteiger partial charge in [-0.2, -0.15) is 0 Å².